The Hall–Kier alpha value is -1.95. The zero-order valence-electron chi connectivity index (χ0n) is 13.5. The first-order chi connectivity index (χ1) is 10.7. The average Bonchev–Trinajstić information content (AvgIpc) is 2.47. The quantitative estimate of drug-likeness (QED) is 0.853. The minimum Gasteiger partial charge on any atom is -0.507 e. The highest BCUT2D eigenvalue weighted by molar-refractivity contribution is 6.31. The summed E-state index contributed by atoms with van der Waals surface area (Å²) in [5.74, 6) is -0.400. The van der Waals surface area contributed by atoms with Crippen molar-refractivity contribution in [2.75, 3.05) is 26.2 Å². The van der Waals surface area contributed by atoms with E-state index in [2.05, 4.69) is 0 Å². The molecule has 1 aliphatic rings. The molecule has 0 saturated carbocycles. The maximum Gasteiger partial charge on any atom is 0.410 e. The second kappa shape index (κ2) is 6.66. The van der Waals surface area contributed by atoms with E-state index in [0.29, 0.717) is 31.2 Å². The number of piperazine rings is 1. The molecule has 0 radical (unpaired) electrons. The number of carbonyl (C=O) groups is 2. The summed E-state index contributed by atoms with van der Waals surface area (Å²) >= 11 is 5.87. The summed E-state index contributed by atoms with van der Waals surface area (Å²) in [6.45, 7) is 6.98. The number of nitrogens with zero attached hydrogens (tertiary/aromatic N) is 2. The predicted octanol–water partition coefficient (Wildman–Crippen LogP) is 2.74. The van der Waals surface area contributed by atoms with Crippen molar-refractivity contribution < 1.29 is 19.4 Å². The second-order valence-electron chi connectivity index (χ2n) is 6.42. The van der Waals surface area contributed by atoms with Gasteiger partial charge in [-0.3, -0.25) is 4.79 Å². The first-order valence-electron chi connectivity index (χ1n) is 7.43. The van der Waals surface area contributed by atoms with E-state index in [1.54, 1.807) is 9.80 Å². The van der Waals surface area contributed by atoms with E-state index < -0.39 is 5.60 Å². The van der Waals surface area contributed by atoms with Gasteiger partial charge in [-0.15, -0.1) is 0 Å². The van der Waals surface area contributed by atoms with Crippen LogP contribution in [0.4, 0.5) is 4.79 Å². The normalized spacial score (nSPS) is 15.5. The molecule has 0 spiro atoms. The maximum absolute atomic E-state index is 12.5. The summed E-state index contributed by atoms with van der Waals surface area (Å²) in [6.07, 6.45) is -0.379. The summed E-state index contributed by atoms with van der Waals surface area (Å²) in [5.41, 5.74) is -0.375. The lowest BCUT2D eigenvalue weighted by Crippen LogP contribution is -2.51. The van der Waals surface area contributed by atoms with Crippen molar-refractivity contribution in [3.8, 4) is 5.75 Å². The molecule has 0 unspecified atom stereocenters. The van der Waals surface area contributed by atoms with Crippen molar-refractivity contribution in [3.63, 3.8) is 0 Å². The molecule has 1 aromatic carbocycles. The molecule has 2 amide bonds. The molecule has 1 N–H and O–H groups in total. The van der Waals surface area contributed by atoms with E-state index >= 15 is 0 Å². The smallest absolute Gasteiger partial charge is 0.410 e. The molecular weight excluding hydrogens is 320 g/mol. The van der Waals surface area contributed by atoms with Crippen molar-refractivity contribution in [1.29, 1.82) is 0 Å². The van der Waals surface area contributed by atoms with Gasteiger partial charge in [0.15, 0.2) is 0 Å². The van der Waals surface area contributed by atoms with Crippen LogP contribution in [0.25, 0.3) is 0 Å². The Labute approximate surface area is 140 Å². The largest absolute Gasteiger partial charge is 0.507 e. The number of rotatable bonds is 1. The van der Waals surface area contributed by atoms with Crippen molar-refractivity contribution in [2.45, 2.75) is 26.4 Å². The molecule has 0 aromatic heterocycles. The van der Waals surface area contributed by atoms with E-state index in [-0.39, 0.29) is 23.3 Å². The summed E-state index contributed by atoms with van der Waals surface area (Å²) < 4.78 is 5.32. The van der Waals surface area contributed by atoms with E-state index in [0.717, 1.165) is 0 Å². The number of phenolic OH excluding ortho intramolecular Hbond substituents is 1. The number of halogens is 1. The van der Waals surface area contributed by atoms with Gasteiger partial charge in [-0.2, -0.15) is 0 Å². The highest BCUT2D eigenvalue weighted by Gasteiger charge is 2.28. The fourth-order valence-corrected chi connectivity index (χ4v) is 2.44. The lowest BCUT2D eigenvalue weighted by atomic mass is 10.1. The van der Waals surface area contributed by atoms with Crippen LogP contribution in [0.1, 0.15) is 31.1 Å². The molecule has 0 bridgehead atoms. The zero-order valence-corrected chi connectivity index (χ0v) is 14.3. The Morgan fingerprint density at radius 2 is 1.70 bits per heavy atom. The Morgan fingerprint density at radius 3 is 2.26 bits per heavy atom. The van der Waals surface area contributed by atoms with Crippen molar-refractivity contribution in [2.24, 2.45) is 0 Å². The van der Waals surface area contributed by atoms with Crippen LogP contribution in [0.3, 0.4) is 0 Å². The van der Waals surface area contributed by atoms with Gasteiger partial charge in [0.05, 0.1) is 5.56 Å². The first-order valence-corrected chi connectivity index (χ1v) is 7.81. The Morgan fingerprint density at radius 1 is 1.13 bits per heavy atom. The lowest BCUT2D eigenvalue weighted by Gasteiger charge is -2.35. The van der Waals surface area contributed by atoms with Crippen LogP contribution in [-0.4, -0.2) is 58.7 Å². The van der Waals surface area contributed by atoms with Gasteiger partial charge in [0.1, 0.15) is 11.4 Å². The number of ether oxygens (including phenoxy) is 1. The third-order valence-electron chi connectivity index (χ3n) is 3.41. The van der Waals surface area contributed by atoms with Crippen molar-refractivity contribution in [3.05, 3.63) is 28.8 Å². The van der Waals surface area contributed by atoms with Crippen LogP contribution in [0.5, 0.6) is 5.75 Å². The Balaban J connectivity index is 1.97. The third-order valence-corrected chi connectivity index (χ3v) is 3.64. The van der Waals surface area contributed by atoms with E-state index in [1.807, 2.05) is 20.8 Å². The molecule has 1 saturated heterocycles. The molecule has 7 heteroatoms. The zero-order chi connectivity index (χ0) is 17.2. The van der Waals surface area contributed by atoms with E-state index in [4.69, 9.17) is 16.3 Å². The monoisotopic (exact) mass is 340 g/mol. The minimum absolute atomic E-state index is 0.103. The number of benzene rings is 1. The van der Waals surface area contributed by atoms with Crippen LogP contribution in [0, 0.1) is 0 Å². The summed E-state index contributed by atoms with van der Waals surface area (Å²) in [4.78, 5) is 27.6. The van der Waals surface area contributed by atoms with Gasteiger partial charge in [0.2, 0.25) is 0 Å². The van der Waals surface area contributed by atoms with Gasteiger partial charge in [-0.1, -0.05) is 11.6 Å². The van der Waals surface area contributed by atoms with Crippen molar-refractivity contribution in [1.82, 2.24) is 9.80 Å². The molecular formula is C16H21ClN2O4. The molecule has 23 heavy (non-hydrogen) atoms. The first kappa shape index (κ1) is 17.4. The van der Waals surface area contributed by atoms with Crippen LogP contribution in [0.2, 0.25) is 5.02 Å². The molecule has 2 rings (SSSR count). The topological polar surface area (TPSA) is 70.1 Å². The Bertz CT molecular complexity index is 605. The molecule has 6 nitrogen and oxygen atoms in total. The molecule has 0 atom stereocenters. The number of carbonyl (C=O) groups excluding carboxylic acids is 2. The molecule has 1 heterocycles. The SMILES string of the molecule is CC(C)(C)OC(=O)N1CCN(C(=O)c2cc(Cl)ccc2O)CC1. The maximum atomic E-state index is 12.5. The molecule has 1 fully saturated rings. The number of hydrogen-bond acceptors (Lipinski definition) is 4. The summed E-state index contributed by atoms with van der Waals surface area (Å²) in [7, 11) is 0. The van der Waals surface area contributed by atoms with E-state index in [9.17, 15) is 14.7 Å². The highest BCUT2D eigenvalue weighted by Crippen LogP contribution is 2.23. The lowest BCUT2D eigenvalue weighted by molar-refractivity contribution is 0.0140. The fourth-order valence-electron chi connectivity index (χ4n) is 2.27. The van der Waals surface area contributed by atoms with Gasteiger partial charge in [0.25, 0.3) is 5.91 Å². The molecule has 126 valence electrons. The van der Waals surface area contributed by atoms with Gasteiger partial charge >= 0.3 is 6.09 Å². The minimum atomic E-state index is -0.545. The van der Waals surface area contributed by atoms with E-state index in [1.165, 1.54) is 18.2 Å². The van der Waals surface area contributed by atoms with Crippen LogP contribution in [-0.2, 0) is 4.74 Å². The predicted molar refractivity (Wildman–Crippen MR) is 86.8 cm³/mol. The van der Waals surface area contributed by atoms with Gasteiger partial charge < -0.3 is 19.6 Å². The number of hydrogen-bond donors (Lipinski definition) is 1. The average molecular weight is 341 g/mol. The van der Waals surface area contributed by atoms with Crippen LogP contribution < -0.4 is 0 Å². The van der Waals surface area contributed by atoms with Gasteiger partial charge in [-0.05, 0) is 39.0 Å². The van der Waals surface area contributed by atoms with Crippen LogP contribution >= 0.6 is 11.6 Å². The summed E-state index contributed by atoms with van der Waals surface area (Å²) in [6, 6.07) is 4.36. The van der Waals surface area contributed by atoms with Crippen LogP contribution in [0.15, 0.2) is 18.2 Å². The second-order valence-corrected chi connectivity index (χ2v) is 6.86. The van der Waals surface area contributed by atoms with Gasteiger partial charge in [0, 0.05) is 31.2 Å². The molecule has 1 aliphatic heterocycles. The highest BCUT2D eigenvalue weighted by atomic mass is 35.5. The standard InChI is InChI=1S/C16H21ClN2O4/c1-16(2,3)23-15(22)19-8-6-18(7-9-19)14(21)12-10-11(17)4-5-13(12)20/h4-5,10,20H,6-9H2,1-3H3. The Kier molecular flexibility index (Phi) is 5.04. The number of phenols is 1. The third kappa shape index (κ3) is 4.51. The van der Waals surface area contributed by atoms with Crippen molar-refractivity contribution >= 4 is 23.6 Å². The number of amides is 2. The van der Waals surface area contributed by atoms with Gasteiger partial charge in [-0.25, -0.2) is 4.79 Å². The molecule has 0 aliphatic carbocycles. The summed E-state index contributed by atoms with van der Waals surface area (Å²) in [5, 5.41) is 10.2. The number of aromatic hydroxyl groups is 1. The molecule has 1 aromatic rings. The fraction of sp³-hybridized carbons (Fsp3) is 0.500.